The smallest absolute Gasteiger partial charge is 0.147 e. The van der Waals surface area contributed by atoms with Crippen LogP contribution in [-0.4, -0.2) is 5.84 Å². The van der Waals surface area contributed by atoms with Gasteiger partial charge in [0.05, 0.1) is 0 Å². The summed E-state index contributed by atoms with van der Waals surface area (Å²) in [6.07, 6.45) is 3.29. The number of nitrogens with two attached hydrogens (primary N) is 1. The lowest BCUT2D eigenvalue weighted by Gasteiger charge is -1.80. The van der Waals surface area contributed by atoms with Crippen molar-refractivity contribution in [1.29, 1.82) is 5.53 Å². The van der Waals surface area contributed by atoms with Crippen LogP contribution in [0.15, 0.2) is 22.5 Å². The molecule has 0 aromatic rings. The fourth-order valence-corrected chi connectivity index (χ4v) is 0.262. The lowest BCUT2D eigenvalue weighted by Crippen LogP contribution is -2.05. The summed E-state index contributed by atoms with van der Waals surface area (Å²) in [4.78, 5) is 0. The topological polar surface area (TPSA) is 74.6 Å². The predicted molar refractivity (Wildman–Crippen MR) is 31.6 cm³/mol. The van der Waals surface area contributed by atoms with Gasteiger partial charge in [-0.3, -0.25) is 0 Å². The molecule has 0 aromatic carbocycles. The molecule has 0 saturated carbocycles. The first kappa shape index (κ1) is 6.81. The van der Waals surface area contributed by atoms with Crippen molar-refractivity contribution < 1.29 is 0 Å². The molecule has 0 aliphatic rings. The molecule has 0 heterocycles. The van der Waals surface area contributed by atoms with Gasteiger partial charge < -0.3 is 5.73 Å². The fourth-order valence-electron chi connectivity index (χ4n) is 0.262. The maximum Gasteiger partial charge on any atom is 0.147 e. The van der Waals surface area contributed by atoms with Crippen molar-refractivity contribution in [2.45, 2.75) is 6.92 Å². The van der Waals surface area contributed by atoms with Crippen molar-refractivity contribution in [3.8, 4) is 0 Å². The van der Waals surface area contributed by atoms with E-state index >= 15 is 0 Å². The molecule has 4 nitrogen and oxygen atoms in total. The van der Waals surface area contributed by atoms with E-state index in [0.717, 1.165) is 0 Å². The number of rotatable bonds is 2. The molecule has 0 amide bonds. The molecule has 0 aliphatic heterocycles. The van der Waals surface area contributed by atoms with Gasteiger partial charge in [0.15, 0.2) is 0 Å². The quantitative estimate of drug-likeness (QED) is 0.236. The number of nitrogens with one attached hydrogen (secondary N) is 1. The SMILES string of the molecule is CC=CC(N)=NN=N. The van der Waals surface area contributed by atoms with Gasteiger partial charge in [-0.2, -0.15) is 5.53 Å². The third-order valence-corrected chi connectivity index (χ3v) is 0.503. The lowest BCUT2D eigenvalue weighted by molar-refractivity contribution is 0.987. The van der Waals surface area contributed by atoms with Crippen LogP contribution in [0.4, 0.5) is 0 Å². The Labute approximate surface area is 47.6 Å². The molecular formula is C4H8N4. The van der Waals surface area contributed by atoms with Crippen LogP contribution in [-0.2, 0) is 0 Å². The zero-order valence-corrected chi connectivity index (χ0v) is 4.63. The van der Waals surface area contributed by atoms with Crippen molar-refractivity contribution in [2.24, 2.45) is 16.1 Å². The van der Waals surface area contributed by atoms with E-state index < -0.39 is 0 Å². The number of nitrogens with zero attached hydrogens (tertiary/aromatic N) is 2. The molecule has 4 heteroatoms. The summed E-state index contributed by atoms with van der Waals surface area (Å²) in [5, 5.41) is 5.93. The summed E-state index contributed by atoms with van der Waals surface area (Å²) >= 11 is 0. The molecular weight excluding hydrogens is 104 g/mol. The maximum absolute atomic E-state index is 6.24. The Balaban J connectivity index is 3.79. The first-order valence-corrected chi connectivity index (χ1v) is 2.14. The van der Waals surface area contributed by atoms with E-state index in [1.807, 2.05) is 6.92 Å². The monoisotopic (exact) mass is 112 g/mol. The average Bonchev–Trinajstić information content (AvgIpc) is 1.68. The molecule has 0 saturated heterocycles. The molecule has 0 spiro atoms. The number of amidine groups is 1. The molecule has 0 aromatic heterocycles. The number of allylic oxidation sites excluding steroid dienone is 1. The first-order chi connectivity index (χ1) is 3.81. The molecule has 8 heavy (non-hydrogen) atoms. The normalized spacial score (nSPS) is 12.4. The Morgan fingerprint density at radius 1 is 1.75 bits per heavy atom. The van der Waals surface area contributed by atoms with Gasteiger partial charge in [0, 0.05) is 0 Å². The van der Waals surface area contributed by atoms with E-state index in [-0.39, 0.29) is 5.84 Å². The van der Waals surface area contributed by atoms with Crippen LogP contribution in [0.1, 0.15) is 6.92 Å². The standard InChI is InChI=1S/C4H8N4/c1-2-3-4(5)7-8-6/h2-3H,1H3,(H3,5,6,7). The van der Waals surface area contributed by atoms with E-state index in [4.69, 9.17) is 11.3 Å². The minimum atomic E-state index is 0.252. The second kappa shape index (κ2) is 3.98. The summed E-state index contributed by atoms with van der Waals surface area (Å²) in [5.41, 5.74) is 11.4. The van der Waals surface area contributed by atoms with Crippen molar-refractivity contribution in [3.63, 3.8) is 0 Å². The highest BCUT2D eigenvalue weighted by atomic mass is 15.3. The van der Waals surface area contributed by atoms with Gasteiger partial charge in [0.25, 0.3) is 0 Å². The summed E-state index contributed by atoms with van der Waals surface area (Å²) in [7, 11) is 0. The van der Waals surface area contributed by atoms with E-state index in [1.165, 1.54) is 0 Å². The summed E-state index contributed by atoms with van der Waals surface area (Å²) in [5.74, 6) is 0.252. The van der Waals surface area contributed by atoms with Gasteiger partial charge in [0.2, 0.25) is 0 Å². The molecule has 0 atom stereocenters. The van der Waals surface area contributed by atoms with Crippen LogP contribution in [0.25, 0.3) is 0 Å². The molecule has 0 bridgehead atoms. The predicted octanol–water partition coefficient (Wildman–Crippen LogP) is 0.866. The van der Waals surface area contributed by atoms with Gasteiger partial charge in [-0.05, 0) is 13.0 Å². The molecule has 0 rings (SSSR count). The Kier molecular flexibility index (Phi) is 3.39. The zero-order chi connectivity index (χ0) is 6.41. The highest BCUT2D eigenvalue weighted by Crippen LogP contribution is 1.73. The van der Waals surface area contributed by atoms with E-state index in [9.17, 15) is 0 Å². The van der Waals surface area contributed by atoms with Crippen LogP contribution >= 0.6 is 0 Å². The second-order valence-corrected chi connectivity index (χ2v) is 1.12. The molecule has 0 radical (unpaired) electrons. The van der Waals surface area contributed by atoms with E-state index in [1.54, 1.807) is 12.2 Å². The third kappa shape index (κ3) is 3.02. The second-order valence-electron chi connectivity index (χ2n) is 1.12. The minimum Gasteiger partial charge on any atom is -0.382 e. The summed E-state index contributed by atoms with van der Waals surface area (Å²) in [6, 6.07) is 0. The molecule has 0 aliphatic carbocycles. The number of hydrogen-bond donors (Lipinski definition) is 2. The van der Waals surface area contributed by atoms with Crippen molar-refractivity contribution in [1.82, 2.24) is 0 Å². The van der Waals surface area contributed by atoms with Crippen molar-refractivity contribution in [2.75, 3.05) is 0 Å². The molecule has 0 fully saturated rings. The van der Waals surface area contributed by atoms with Gasteiger partial charge in [0.1, 0.15) is 5.84 Å². The number of hydrogen-bond acceptors (Lipinski definition) is 2. The van der Waals surface area contributed by atoms with Crippen molar-refractivity contribution in [3.05, 3.63) is 12.2 Å². The Bertz CT molecular complexity index is 124. The maximum atomic E-state index is 6.24. The van der Waals surface area contributed by atoms with E-state index in [2.05, 4.69) is 10.3 Å². The lowest BCUT2D eigenvalue weighted by atomic mass is 10.5. The largest absolute Gasteiger partial charge is 0.382 e. The molecule has 3 N–H and O–H groups in total. The fraction of sp³-hybridized carbons (Fsp3) is 0.250. The molecule has 44 valence electrons. The van der Waals surface area contributed by atoms with Crippen molar-refractivity contribution >= 4 is 5.84 Å². The Morgan fingerprint density at radius 3 is 2.75 bits per heavy atom. The van der Waals surface area contributed by atoms with Gasteiger partial charge in [-0.15, -0.1) is 5.10 Å². The molecule has 0 unspecified atom stereocenters. The Morgan fingerprint density at radius 2 is 2.38 bits per heavy atom. The average molecular weight is 112 g/mol. The van der Waals surface area contributed by atoms with E-state index in [0.29, 0.717) is 0 Å². The van der Waals surface area contributed by atoms with Crippen LogP contribution in [0, 0.1) is 5.53 Å². The highest BCUT2D eigenvalue weighted by Gasteiger charge is 1.75. The zero-order valence-electron chi connectivity index (χ0n) is 4.63. The van der Waals surface area contributed by atoms with Gasteiger partial charge >= 0.3 is 0 Å². The third-order valence-electron chi connectivity index (χ3n) is 0.503. The summed E-state index contributed by atoms with van der Waals surface area (Å²) < 4.78 is 0. The minimum absolute atomic E-state index is 0.252. The van der Waals surface area contributed by atoms with Crippen LogP contribution in [0.2, 0.25) is 0 Å². The van der Waals surface area contributed by atoms with Gasteiger partial charge in [-0.1, -0.05) is 11.3 Å². The van der Waals surface area contributed by atoms with Crippen LogP contribution in [0.5, 0.6) is 0 Å². The van der Waals surface area contributed by atoms with Crippen LogP contribution in [0.3, 0.4) is 0 Å². The summed E-state index contributed by atoms with van der Waals surface area (Å²) in [6.45, 7) is 1.81. The van der Waals surface area contributed by atoms with Gasteiger partial charge in [-0.25, -0.2) is 0 Å². The van der Waals surface area contributed by atoms with Crippen LogP contribution < -0.4 is 5.73 Å². The highest BCUT2D eigenvalue weighted by molar-refractivity contribution is 5.90. The Hall–Kier alpha value is -1.19. The first-order valence-electron chi connectivity index (χ1n) is 2.14.